The van der Waals surface area contributed by atoms with Crippen molar-refractivity contribution in [3.8, 4) is 5.75 Å². The van der Waals surface area contributed by atoms with Gasteiger partial charge in [-0.2, -0.15) is 25.3 Å². The van der Waals surface area contributed by atoms with Gasteiger partial charge in [0, 0.05) is 49.3 Å². The Kier molecular flexibility index (Phi) is 26.3. The zero-order valence-corrected chi connectivity index (χ0v) is 46.5. The predicted molar refractivity (Wildman–Crippen MR) is 301 cm³/mol. The summed E-state index contributed by atoms with van der Waals surface area (Å²) in [6, 6.07) is 5.62. The highest BCUT2D eigenvalue weighted by molar-refractivity contribution is 7.81. The number of nitrogens with two attached hydrogens (primary N) is 5. The second-order valence-corrected chi connectivity index (χ2v) is 21.1. The van der Waals surface area contributed by atoms with Gasteiger partial charge >= 0.3 is 0 Å². The van der Waals surface area contributed by atoms with Crippen LogP contribution in [0.2, 0.25) is 0 Å². The van der Waals surface area contributed by atoms with E-state index in [0.717, 1.165) is 19.3 Å². The molecule has 28 heteroatoms. The van der Waals surface area contributed by atoms with Crippen molar-refractivity contribution >= 4 is 96.2 Å². The number of likely N-dealkylation sites (tertiary alicyclic amines) is 1. The number of rotatable bonds is 32. The standard InChI is InChI=1S/C52H76N14O12S2/c1-78-32-16-14-31(15-17-32)25-35(60-43(70)27-52(80)20-6-3-7-21-52)46(73)63-36(24-30-10-4-2-5-11-30)47(74)61-34(18-19-40(53)67)45(72)64-37(26-41(54)68)48(75)65-38(29-79)50(77)66-23-9-13-39(66)49(76)62-33(12-8-22-58-51(56)57)44(71)59-28-42(55)69/h2,4-5,10-11,14-17,33-39,79-80H,3,6-9,12-13,18-29H2,1H3,(H2,53,67)(H2,54,68)(H2,55,69)(H,59,71)(H,60,70)(H,61,74)(H,62,76)(H,63,73)(H,64,72)(H,65,75)(H4,56,57,58)/t33-,34-,35-,36-,37-,38-,39-/m0/s1. The smallest absolute Gasteiger partial charge is 0.246 e. The second-order valence-electron chi connectivity index (χ2n) is 19.8. The Morgan fingerprint density at radius 3 is 1.80 bits per heavy atom. The molecule has 7 atom stereocenters. The van der Waals surface area contributed by atoms with E-state index in [4.69, 9.17) is 46.0 Å². The van der Waals surface area contributed by atoms with E-state index in [1.165, 1.54) is 12.0 Å². The van der Waals surface area contributed by atoms with Crippen LogP contribution in [0.3, 0.4) is 0 Å². The molecule has 0 spiro atoms. The van der Waals surface area contributed by atoms with Crippen LogP contribution in [0.25, 0.3) is 0 Å². The first kappa shape index (κ1) is 64.9. The molecule has 2 fully saturated rings. The van der Waals surface area contributed by atoms with E-state index in [1.54, 1.807) is 54.6 Å². The Morgan fingerprint density at radius 1 is 0.650 bits per heavy atom. The molecular weight excluding hydrogens is 1080 g/mol. The number of ether oxygens (including phenoxy) is 1. The molecule has 17 N–H and O–H groups in total. The van der Waals surface area contributed by atoms with Crippen LogP contribution < -0.4 is 70.6 Å². The molecule has 1 saturated carbocycles. The van der Waals surface area contributed by atoms with Crippen LogP contribution in [0.15, 0.2) is 59.6 Å². The molecule has 2 aromatic carbocycles. The fraction of sp³-hybridized carbons (Fsp3) is 0.538. The van der Waals surface area contributed by atoms with Gasteiger partial charge in [0.2, 0.25) is 65.0 Å². The van der Waals surface area contributed by atoms with Gasteiger partial charge in [0.05, 0.1) is 20.1 Å². The number of amides is 11. The highest BCUT2D eigenvalue weighted by Crippen LogP contribution is 2.36. The summed E-state index contributed by atoms with van der Waals surface area (Å²) in [6.45, 7) is -0.360. The molecule has 4 rings (SSSR count). The van der Waals surface area contributed by atoms with Gasteiger partial charge in [-0.1, -0.05) is 61.7 Å². The predicted octanol–water partition coefficient (Wildman–Crippen LogP) is -2.87. The molecular formula is C52H76N14O12S2. The fourth-order valence-corrected chi connectivity index (χ4v) is 9.99. The third-order valence-corrected chi connectivity index (χ3v) is 14.4. The Labute approximate surface area is 474 Å². The zero-order chi connectivity index (χ0) is 58.9. The normalized spacial score (nSPS) is 16.8. The van der Waals surface area contributed by atoms with Gasteiger partial charge in [0.1, 0.15) is 48.0 Å². The van der Waals surface area contributed by atoms with Crippen molar-refractivity contribution in [1.82, 2.24) is 42.1 Å². The van der Waals surface area contributed by atoms with Crippen LogP contribution >= 0.6 is 25.3 Å². The number of nitrogens with one attached hydrogen (secondary N) is 7. The number of primary amides is 3. The SMILES string of the molecule is COc1ccc(C[C@H](NC(=O)CC2(S)CCCCC2)C(=O)N[C@@H](Cc2ccccc2)C(=O)N[C@@H](CCC(N)=O)C(=O)N[C@@H](CC(N)=O)C(=O)N[C@@H](CS)C(=O)N2CCC[C@H]2C(=O)N[C@@H](CCCN=C(N)N)C(=O)NCC(N)=O)cc1. The monoisotopic (exact) mass is 1150 g/mol. The Hall–Kier alpha value is -7.62. The van der Waals surface area contributed by atoms with Crippen molar-refractivity contribution < 1.29 is 57.5 Å². The molecule has 0 aromatic heterocycles. The number of methoxy groups -OCH3 is 1. The zero-order valence-electron chi connectivity index (χ0n) is 44.7. The first-order valence-corrected chi connectivity index (χ1v) is 27.4. The maximum atomic E-state index is 14.5. The first-order chi connectivity index (χ1) is 38.0. The highest BCUT2D eigenvalue weighted by Gasteiger charge is 2.40. The Bertz CT molecular complexity index is 2530. The lowest BCUT2D eigenvalue weighted by molar-refractivity contribution is -0.142. The van der Waals surface area contributed by atoms with Crippen LogP contribution in [-0.4, -0.2) is 155 Å². The molecule has 80 heavy (non-hydrogen) atoms. The molecule has 11 amide bonds. The summed E-state index contributed by atoms with van der Waals surface area (Å²) in [5, 5.41) is 18.0. The van der Waals surface area contributed by atoms with Crippen LogP contribution in [0.5, 0.6) is 5.75 Å². The number of carbonyl (C=O) groups excluding carboxylic acids is 11. The minimum absolute atomic E-state index is 0.00630. The minimum Gasteiger partial charge on any atom is -0.497 e. The summed E-state index contributed by atoms with van der Waals surface area (Å²) >= 11 is 9.12. The van der Waals surface area contributed by atoms with Gasteiger partial charge in [-0.15, -0.1) is 0 Å². The summed E-state index contributed by atoms with van der Waals surface area (Å²) in [7, 11) is 1.50. The number of guanidine groups is 1. The van der Waals surface area contributed by atoms with Crippen LogP contribution in [0.4, 0.5) is 0 Å². The maximum Gasteiger partial charge on any atom is 0.246 e. The van der Waals surface area contributed by atoms with Crippen LogP contribution in [0, 0.1) is 0 Å². The summed E-state index contributed by atoms with van der Waals surface area (Å²) in [6.07, 6.45) is 3.25. The van der Waals surface area contributed by atoms with Crippen molar-refractivity contribution in [2.24, 2.45) is 33.7 Å². The van der Waals surface area contributed by atoms with Gasteiger partial charge in [-0.25, -0.2) is 0 Å². The van der Waals surface area contributed by atoms with E-state index in [2.05, 4.69) is 54.8 Å². The molecule has 1 saturated heterocycles. The molecule has 1 aliphatic carbocycles. The van der Waals surface area contributed by atoms with Gasteiger partial charge in [-0.05, 0) is 68.2 Å². The molecule has 0 bridgehead atoms. The number of aliphatic imine (C=N–C) groups is 1. The number of hydrogen-bond acceptors (Lipinski definition) is 15. The average molecular weight is 1150 g/mol. The second kappa shape index (κ2) is 32.5. The lowest BCUT2D eigenvalue weighted by Crippen LogP contribution is -2.61. The van der Waals surface area contributed by atoms with Gasteiger partial charge in [-0.3, -0.25) is 57.7 Å². The van der Waals surface area contributed by atoms with Crippen molar-refractivity contribution in [2.75, 3.05) is 32.5 Å². The van der Waals surface area contributed by atoms with Crippen molar-refractivity contribution in [1.29, 1.82) is 0 Å². The number of carbonyl (C=O) groups is 11. The lowest BCUT2D eigenvalue weighted by Gasteiger charge is -2.32. The third-order valence-electron chi connectivity index (χ3n) is 13.4. The first-order valence-electron chi connectivity index (χ1n) is 26.3. The molecule has 0 unspecified atom stereocenters. The van der Waals surface area contributed by atoms with E-state index < -0.39 is 138 Å². The van der Waals surface area contributed by atoms with E-state index in [0.29, 0.717) is 36.1 Å². The molecule has 26 nitrogen and oxygen atoms in total. The number of benzene rings is 2. The number of hydrogen-bond donors (Lipinski definition) is 14. The van der Waals surface area contributed by atoms with Gasteiger partial charge < -0.3 is 75.5 Å². The summed E-state index contributed by atoms with van der Waals surface area (Å²) in [4.78, 5) is 153. The quantitative estimate of drug-likeness (QED) is 0.0152. The van der Waals surface area contributed by atoms with E-state index in [1.807, 2.05) is 0 Å². The van der Waals surface area contributed by atoms with E-state index >= 15 is 0 Å². The van der Waals surface area contributed by atoms with Crippen molar-refractivity contribution in [2.45, 2.75) is 143 Å². The third kappa shape index (κ3) is 21.9. The van der Waals surface area contributed by atoms with E-state index in [-0.39, 0.29) is 63.3 Å². The average Bonchev–Trinajstić information content (AvgIpc) is 3.92. The molecule has 438 valence electrons. The molecule has 2 aromatic rings. The van der Waals surface area contributed by atoms with Crippen LogP contribution in [-0.2, 0) is 65.6 Å². The number of nitrogens with zero attached hydrogens (tertiary/aromatic N) is 2. The Morgan fingerprint density at radius 2 is 1.21 bits per heavy atom. The van der Waals surface area contributed by atoms with E-state index in [9.17, 15) is 52.7 Å². The number of thiol groups is 2. The molecule has 0 radical (unpaired) electrons. The summed E-state index contributed by atoms with van der Waals surface area (Å²) < 4.78 is 4.72. The largest absolute Gasteiger partial charge is 0.497 e. The summed E-state index contributed by atoms with van der Waals surface area (Å²) in [5.41, 5.74) is 28.2. The van der Waals surface area contributed by atoms with Crippen molar-refractivity contribution in [3.63, 3.8) is 0 Å². The highest BCUT2D eigenvalue weighted by atomic mass is 32.1. The lowest BCUT2D eigenvalue weighted by atomic mass is 9.85. The Balaban J connectivity index is 1.55. The molecule has 1 aliphatic heterocycles. The van der Waals surface area contributed by atoms with Gasteiger partial charge in [0.25, 0.3) is 0 Å². The fourth-order valence-electron chi connectivity index (χ4n) is 9.28. The molecule has 1 heterocycles. The topological polar surface area (TPSA) is 427 Å². The minimum atomic E-state index is -1.79. The van der Waals surface area contributed by atoms with Crippen LogP contribution in [0.1, 0.15) is 94.6 Å². The van der Waals surface area contributed by atoms with Gasteiger partial charge in [0.15, 0.2) is 5.96 Å². The molecule has 2 aliphatic rings. The maximum absolute atomic E-state index is 14.5. The summed E-state index contributed by atoms with van der Waals surface area (Å²) in [5.74, 6) is -9.23. The van der Waals surface area contributed by atoms with Crippen molar-refractivity contribution in [3.05, 3.63) is 65.7 Å².